The number of nitrogens with zero attached hydrogens (tertiary/aromatic N) is 2. The molecule has 1 aromatic rings. The van der Waals surface area contributed by atoms with Gasteiger partial charge >= 0.3 is 0 Å². The molecule has 1 aliphatic heterocycles. The van der Waals surface area contributed by atoms with Crippen LogP contribution in [-0.4, -0.2) is 50.0 Å². The lowest BCUT2D eigenvalue weighted by Gasteiger charge is -2.43. The first-order valence-corrected chi connectivity index (χ1v) is 8.10. The summed E-state index contributed by atoms with van der Waals surface area (Å²) in [6, 6.07) is 6.50. The van der Waals surface area contributed by atoms with Gasteiger partial charge in [-0.25, -0.2) is 0 Å². The van der Waals surface area contributed by atoms with E-state index in [2.05, 4.69) is 18.0 Å². The smallest absolute Gasteiger partial charge is 0.178 e. The summed E-state index contributed by atoms with van der Waals surface area (Å²) < 4.78 is 10.8. The van der Waals surface area contributed by atoms with Crippen LogP contribution < -0.4 is 9.47 Å². The zero-order chi connectivity index (χ0) is 16.6. The van der Waals surface area contributed by atoms with E-state index in [0.717, 1.165) is 37.8 Å². The summed E-state index contributed by atoms with van der Waals surface area (Å²) >= 11 is 0. The number of benzene rings is 1. The number of hydrogen-bond donors (Lipinski definition) is 1. The summed E-state index contributed by atoms with van der Waals surface area (Å²) in [4.78, 5) is 2.34. The van der Waals surface area contributed by atoms with Gasteiger partial charge in [-0.2, -0.15) is 5.26 Å². The van der Waals surface area contributed by atoms with E-state index in [4.69, 9.17) is 9.47 Å². The van der Waals surface area contributed by atoms with Crippen LogP contribution in [-0.2, 0) is 5.41 Å². The first kappa shape index (κ1) is 16.1. The molecule has 0 unspecified atom stereocenters. The van der Waals surface area contributed by atoms with Gasteiger partial charge in [0, 0.05) is 11.5 Å². The maximum Gasteiger partial charge on any atom is 0.178 e. The van der Waals surface area contributed by atoms with Gasteiger partial charge in [0.25, 0.3) is 0 Å². The van der Waals surface area contributed by atoms with Crippen LogP contribution in [0.25, 0.3) is 0 Å². The number of ether oxygens (including phenoxy) is 2. The summed E-state index contributed by atoms with van der Waals surface area (Å²) in [7, 11) is 5.28. The fraction of sp³-hybridized carbons (Fsp3) is 0.611. The van der Waals surface area contributed by atoms with Crippen molar-refractivity contribution in [2.75, 3.05) is 27.8 Å². The number of nitriles is 1. The molecular weight excluding hydrogens is 292 g/mol. The quantitative estimate of drug-likeness (QED) is 0.924. The minimum absolute atomic E-state index is 0.0148. The van der Waals surface area contributed by atoms with Gasteiger partial charge in [-0.15, -0.1) is 0 Å². The van der Waals surface area contributed by atoms with E-state index >= 15 is 0 Å². The molecule has 2 aliphatic rings. The van der Waals surface area contributed by atoms with Gasteiger partial charge in [-0.05, 0) is 57.0 Å². The number of aliphatic hydroxyl groups excluding tert-OH is 1. The van der Waals surface area contributed by atoms with E-state index in [1.165, 1.54) is 0 Å². The largest absolute Gasteiger partial charge is 0.493 e. The molecule has 3 rings (SSSR count). The normalized spacial score (nSPS) is 30.6. The lowest BCUT2D eigenvalue weighted by atomic mass is 9.65. The Morgan fingerprint density at radius 1 is 1.30 bits per heavy atom. The lowest BCUT2D eigenvalue weighted by Crippen LogP contribution is -2.47. The van der Waals surface area contributed by atoms with Crippen molar-refractivity contribution in [3.63, 3.8) is 0 Å². The highest BCUT2D eigenvalue weighted by molar-refractivity contribution is 5.56. The Bertz CT molecular complexity index is 640. The Hall–Kier alpha value is -1.77. The number of likely N-dealkylation sites (N-methyl/N-ethyl adjacent to an activating group) is 1. The zero-order valence-corrected chi connectivity index (χ0v) is 14.0. The molecular formula is C18H24N2O3. The van der Waals surface area contributed by atoms with Crippen LogP contribution in [0, 0.1) is 11.3 Å². The van der Waals surface area contributed by atoms with Gasteiger partial charge in [0.15, 0.2) is 11.5 Å². The molecule has 0 amide bonds. The van der Waals surface area contributed by atoms with Crippen LogP contribution >= 0.6 is 0 Å². The first-order valence-electron chi connectivity index (χ1n) is 8.10. The van der Waals surface area contributed by atoms with Crippen LogP contribution in [0.15, 0.2) is 12.1 Å². The molecule has 0 aromatic heterocycles. The molecule has 0 radical (unpaired) electrons. The molecule has 1 saturated heterocycles. The molecule has 1 heterocycles. The van der Waals surface area contributed by atoms with E-state index in [1.54, 1.807) is 14.2 Å². The summed E-state index contributed by atoms with van der Waals surface area (Å²) in [6.07, 6.45) is 3.34. The Labute approximate surface area is 137 Å². The summed E-state index contributed by atoms with van der Waals surface area (Å²) in [5.74, 6) is 1.10. The maximum absolute atomic E-state index is 10.1. The van der Waals surface area contributed by atoms with Crippen molar-refractivity contribution in [2.24, 2.45) is 0 Å². The van der Waals surface area contributed by atoms with Gasteiger partial charge in [0.1, 0.15) is 6.07 Å². The number of aliphatic hydroxyl groups is 1. The number of rotatable bonds is 3. The van der Waals surface area contributed by atoms with Crippen molar-refractivity contribution in [3.8, 4) is 17.6 Å². The van der Waals surface area contributed by atoms with Crippen molar-refractivity contribution in [1.29, 1.82) is 5.26 Å². The molecule has 124 valence electrons. The molecule has 1 aliphatic carbocycles. The summed E-state index contributed by atoms with van der Waals surface area (Å²) in [5.41, 5.74) is 1.63. The van der Waals surface area contributed by atoms with E-state index in [-0.39, 0.29) is 11.5 Å². The van der Waals surface area contributed by atoms with Crippen LogP contribution in [0.5, 0.6) is 11.5 Å². The lowest BCUT2D eigenvalue weighted by molar-refractivity contribution is 0.0566. The first-order chi connectivity index (χ1) is 11.1. The predicted molar refractivity (Wildman–Crippen MR) is 86.8 cm³/mol. The van der Waals surface area contributed by atoms with Gasteiger partial charge in [0.2, 0.25) is 0 Å². The highest BCUT2D eigenvalue weighted by atomic mass is 16.5. The van der Waals surface area contributed by atoms with E-state index in [0.29, 0.717) is 23.1 Å². The molecule has 2 fully saturated rings. The van der Waals surface area contributed by atoms with E-state index in [1.807, 2.05) is 12.1 Å². The van der Waals surface area contributed by atoms with Gasteiger partial charge < -0.3 is 19.5 Å². The minimum Gasteiger partial charge on any atom is -0.493 e. The average Bonchev–Trinajstić information content (AvgIpc) is 2.91. The van der Waals surface area contributed by atoms with Gasteiger partial charge in [-0.1, -0.05) is 0 Å². The number of hydrogen-bond acceptors (Lipinski definition) is 5. The molecule has 1 aromatic carbocycles. The summed E-state index contributed by atoms with van der Waals surface area (Å²) in [5, 5.41) is 19.6. The predicted octanol–water partition coefficient (Wildman–Crippen LogP) is 2.06. The van der Waals surface area contributed by atoms with Crippen LogP contribution in [0.3, 0.4) is 0 Å². The Kier molecular flexibility index (Phi) is 4.22. The topological polar surface area (TPSA) is 65.7 Å². The molecule has 5 heteroatoms. The molecule has 1 N–H and O–H groups in total. The van der Waals surface area contributed by atoms with Crippen molar-refractivity contribution in [1.82, 2.24) is 4.90 Å². The second-order valence-corrected chi connectivity index (χ2v) is 6.70. The monoisotopic (exact) mass is 316 g/mol. The molecule has 0 bridgehead atoms. The van der Waals surface area contributed by atoms with E-state index in [9.17, 15) is 10.4 Å². The van der Waals surface area contributed by atoms with Gasteiger partial charge in [-0.3, -0.25) is 0 Å². The van der Waals surface area contributed by atoms with Crippen molar-refractivity contribution >= 4 is 0 Å². The number of fused-ring (bicyclic) bond motifs is 1. The van der Waals surface area contributed by atoms with Crippen LogP contribution in [0.4, 0.5) is 0 Å². The van der Waals surface area contributed by atoms with E-state index < -0.39 is 0 Å². The van der Waals surface area contributed by atoms with Crippen molar-refractivity contribution < 1.29 is 14.6 Å². The zero-order valence-electron chi connectivity index (χ0n) is 14.0. The van der Waals surface area contributed by atoms with Crippen molar-refractivity contribution in [2.45, 2.75) is 43.2 Å². The molecule has 0 spiro atoms. The number of methoxy groups -OCH3 is 2. The highest BCUT2D eigenvalue weighted by Gasteiger charge is 2.50. The molecule has 1 saturated carbocycles. The Morgan fingerprint density at radius 2 is 2.09 bits per heavy atom. The van der Waals surface area contributed by atoms with Crippen LogP contribution in [0.1, 0.15) is 36.8 Å². The third kappa shape index (κ3) is 2.46. The third-order valence-corrected chi connectivity index (χ3v) is 5.67. The molecule has 5 nitrogen and oxygen atoms in total. The molecule has 23 heavy (non-hydrogen) atoms. The second-order valence-electron chi connectivity index (χ2n) is 6.70. The Morgan fingerprint density at radius 3 is 2.74 bits per heavy atom. The van der Waals surface area contributed by atoms with Crippen LogP contribution in [0.2, 0.25) is 0 Å². The fourth-order valence-corrected chi connectivity index (χ4v) is 4.43. The standard InChI is InChI=1S/C18H24N2O3/c1-20-7-6-18(5-4-14(21)10-16(18)20)13-8-12(11-19)17(23-3)15(9-13)22-2/h8-9,14,16,21H,4-7,10H2,1-3H3/t14-,16-,18-/m0/s1. The van der Waals surface area contributed by atoms with Crippen molar-refractivity contribution in [3.05, 3.63) is 23.3 Å². The highest BCUT2D eigenvalue weighted by Crippen LogP contribution is 2.50. The second kappa shape index (κ2) is 6.03. The fourth-order valence-electron chi connectivity index (χ4n) is 4.43. The average molecular weight is 316 g/mol. The number of likely N-dealkylation sites (tertiary alicyclic amines) is 1. The molecule has 3 atom stereocenters. The minimum atomic E-state index is -0.232. The maximum atomic E-state index is 10.1. The third-order valence-electron chi connectivity index (χ3n) is 5.67. The Balaban J connectivity index is 2.12. The summed E-state index contributed by atoms with van der Waals surface area (Å²) in [6.45, 7) is 1.01. The van der Waals surface area contributed by atoms with Gasteiger partial charge in [0.05, 0.1) is 25.9 Å². The SMILES string of the molecule is COc1cc([C@@]23CC[C@H](O)C[C@@H]2N(C)CC3)cc(C#N)c1OC.